The van der Waals surface area contributed by atoms with E-state index in [0.717, 1.165) is 17.4 Å². The third kappa shape index (κ3) is 2.96. The van der Waals surface area contributed by atoms with Crippen LogP contribution in [0, 0.1) is 20.8 Å². The van der Waals surface area contributed by atoms with E-state index in [2.05, 4.69) is 61.2 Å². The molecule has 0 aliphatic rings. The smallest absolute Gasteiger partial charge is 0.190 e. The molecule has 1 aromatic carbocycles. The van der Waals surface area contributed by atoms with Gasteiger partial charge in [0.25, 0.3) is 0 Å². The molecule has 0 radical (unpaired) electrons. The van der Waals surface area contributed by atoms with Crippen LogP contribution in [0.1, 0.15) is 21.7 Å². The quantitative estimate of drug-likeness (QED) is 0.925. The molecule has 0 fully saturated rings. The molecule has 0 aliphatic heterocycles. The third-order valence-corrected chi connectivity index (χ3v) is 4.45. The van der Waals surface area contributed by atoms with Gasteiger partial charge in [-0.05, 0) is 39.4 Å². The zero-order valence-electron chi connectivity index (χ0n) is 12.2. The lowest BCUT2D eigenvalue weighted by Gasteiger charge is -2.18. The van der Waals surface area contributed by atoms with E-state index in [-0.39, 0.29) is 0 Å². The van der Waals surface area contributed by atoms with Crippen LogP contribution in [0.25, 0.3) is 0 Å². The molecule has 2 rings (SSSR count). The van der Waals surface area contributed by atoms with Crippen molar-refractivity contribution in [2.24, 2.45) is 0 Å². The maximum absolute atomic E-state index is 4.67. The molecule has 0 spiro atoms. The number of nitrogens with zero attached hydrogens (tertiary/aromatic N) is 2. The van der Waals surface area contributed by atoms with E-state index in [0.29, 0.717) is 0 Å². The molecule has 0 amide bonds. The Morgan fingerprint density at radius 1 is 1.26 bits per heavy atom. The van der Waals surface area contributed by atoms with Crippen LogP contribution in [0.2, 0.25) is 0 Å². The predicted octanol–water partition coefficient (Wildman–Crippen LogP) is 3.56. The lowest BCUT2D eigenvalue weighted by atomic mass is 10.1. The monoisotopic (exact) mass is 275 g/mol. The Kier molecular flexibility index (Phi) is 4.22. The highest BCUT2D eigenvalue weighted by Gasteiger charge is 2.13. The van der Waals surface area contributed by atoms with Crippen molar-refractivity contribution in [3.05, 3.63) is 39.9 Å². The first-order valence-corrected chi connectivity index (χ1v) is 7.26. The van der Waals surface area contributed by atoms with E-state index in [1.54, 1.807) is 11.3 Å². The van der Waals surface area contributed by atoms with Gasteiger partial charge < -0.3 is 10.2 Å². The number of anilines is 2. The molecule has 1 N–H and O–H groups in total. The number of aryl methyl sites for hydroxylation is 3. The molecule has 102 valence electrons. The SMILES string of the molecule is CNCc1sc(N(C)c2ccc(C)cc2C)nc1C. The molecule has 0 saturated carbocycles. The summed E-state index contributed by atoms with van der Waals surface area (Å²) in [5.74, 6) is 0. The summed E-state index contributed by atoms with van der Waals surface area (Å²) in [5, 5.41) is 4.24. The Hall–Kier alpha value is -1.39. The van der Waals surface area contributed by atoms with Gasteiger partial charge in [0.2, 0.25) is 0 Å². The van der Waals surface area contributed by atoms with Gasteiger partial charge >= 0.3 is 0 Å². The van der Waals surface area contributed by atoms with Crippen molar-refractivity contribution >= 4 is 22.2 Å². The fourth-order valence-corrected chi connectivity index (χ4v) is 3.21. The number of thiazole rings is 1. The number of nitrogens with one attached hydrogen (secondary N) is 1. The van der Waals surface area contributed by atoms with Crippen LogP contribution in [-0.4, -0.2) is 19.1 Å². The van der Waals surface area contributed by atoms with Crippen LogP contribution in [0.15, 0.2) is 18.2 Å². The highest BCUT2D eigenvalue weighted by Crippen LogP contribution is 2.32. The number of hydrogen-bond acceptors (Lipinski definition) is 4. The number of aromatic nitrogens is 1. The van der Waals surface area contributed by atoms with E-state index in [1.807, 2.05) is 7.05 Å². The third-order valence-electron chi connectivity index (χ3n) is 3.22. The normalized spacial score (nSPS) is 10.8. The van der Waals surface area contributed by atoms with Crippen LogP contribution >= 0.6 is 11.3 Å². The van der Waals surface area contributed by atoms with E-state index in [9.17, 15) is 0 Å². The van der Waals surface area contributed by atoms with Gasteiger partial charge in [0.1, 0.15) is 0 Å². The summed E-state index contributed by atoms with van der Waals surface area (Å²) in [6.45, 7) is 7.22. The van der Waals surface area contributed by atoms with Gasteiger partial charge in [-0.15, -0.1) is 0 Å². The van der Waals surface area contributed by atoms with E-state index >= 15 is 0 Å². The van der Waals surface area contributed by atoms with E-state index < -0.39 is 0 Å². The van der Waals surface area contributed by atoms with Gasteiger partial charge in [0, 0.05) is 24.2 Å². The largest absolute Gasteiger partial charge is 0.321 e. The van der Waals surface area contributed by atoms with Crippen molar-refractivity contribution in [3.8, 4) is 0 Å². The summed E-state index contributed by atoms with van der Waals surface area (Å²) in [4.78, 5) is 8.15. The molecule has 2 aromatic rings. The molecule has 4 heteroatoms. The summed E-state index contributed by atoms with van der Waals surface area (Å²) >= 11 is 1.75. The molecule has 0 bridgehead atoms. The van der Waals surface area contributed by atoms with Crippen molar-refractivity contribution < 1.29 is 0 Å². The molecule has 0 saturated heterocycles. The first kappa shape index (κ1) is 14.0. The summed E-state index contributed by atoms with van der Waals surface area (Å²) in [6, 6.07) is 6.52. The Labute approximate surface area is 119 Å². The van der Waals surface area contributed by atoms with E-state index in [1.165, 1.54) is 21.7 Å². The van der Waals surface area contributed by atoms with Crippen LogP contribution in [0.5, 0.6) is 0 Å². The van der Waals surface area contributed by atoms with Crippen LogP contribution in [-0.2, 0) is 6.54 Å². The highest BCUT2D eigenvalue weighted by molar-refractivity contribution is 7.15. The van der Waals surface area contributed by atoms with Gasteiger partial charge in [-0.25, -0.2) is 4.98 Å². The molecule has 3 nitrogen and oxygen atoms in total. The molecule has 0 atom stereocenters. The molecular weight excluding hydrogens is 254 g/mol. The second-order valence-corrected chi connectivity index (χ2v) is 5.95. The molecular formula is C15H21N3S. The molecule has 0 unspecified atom stereocenters. The lowest BCUT2D eigenvalue weighted by Crippen LogP contribution is -2.10. The predicted molar refractivity (Wildman–Crippen MR) is 83.6 cm³/mol. The Morgan fingerprint density at radius 2 is 2.00 bits per heavy atom. The Balaban J connectivity index is 2.33. The summed E-state index contributed by atoms with van der Waals surface area (Å²) in [7, 11) is 4.05. The average molecular weight is 275 g/mol. The number of rotatable bonds is 4. The zero-order chi connectivity index (χ0) is 14.0. The molecule has 1 heterocycles. The van der Waals surface area contributed by atoms with Crippen molar-refractivity contribution in [3.63, 3.8) is 0 Å². The van der Waals surface area contributed by atoms with Crippen molar-refractivity contribution in [2.45, 2.75) is 27.3 Å². The van der Waals surface area contributed by atoms with Crippen LogP contribution in [0.4, 0.5) is 10.8 Å². The van der Waals surface area contributed by atoms with Gasteiger partial charge in [0.05, 0.1) is 5.69 Å². The fourth-order valence-electron chi connectivity index (χ4n) is 2.17. The topological polar surface area (TPSA) is 28.2 Å². The molecule has 0 aliphatic carbocycles. The van der Waals surface area contributed by atoms with Gasteiger partial charge in [-0.1, -0.05) is 29.0 Å². The summed E-state index contributed by atoms with van der Waals surface area (Å²) in [6.07, 6.45) is 0. The minimum absolute atomic E-state index is 0.879. The zero-order valence-corrected chi connectivity index (χ0v) is 13.1. The molecule has 1 aromatic heterocycles. The minimum Gasteiger partial charge on any atom is -0.321 e. The number of hydrogen-bond donors (Lipinski definition) is 1. The van der Waals surface area contributed by atoms with Crippen molar-refractivity contribution in [1.82, 2.24) is 10.3 Å². The first-order chi connectivity index (χ1) is 9.02. The molecule has 19 heavy (non-hydrogen) atoms. The maximum Gasteiger partial charge on any atom is 0.190 e. The van der Waals surface area contributed by atoms with Crippen LogP contribution in [0.3, 0.4) is 0 Å². The van der Waals surface area contributed by atoms with Gasteiger partial charge in [0.15, 0.2) is 5.13 Å². The highest BCUT2D eigenvalue weighted by atomic mass is 32.1. The fraction of sp³-hybridized carbons (Fsp3) is 0.400. The van der Waals surface area contributed by atoms with Crippen molar-refractivity contribution in [2.75, 3.05) is 19.0 Å². The standard InChI is InChI=1S/C15H21N3S/c1-10-6-7-13(11(2)8-10)18(5)15-17-12(3)14(19-15)9-16-4/h6-8,16H,9H2,1-5H3. The van der Waals surface area contributed by atoms with Crippen molar-refractivity contribution in [1.29, 1.82) is 0 Å². The second-order valence-electron chi connectivity index (χ2n) is 4.88. The summed E-state index contributed by atoms with van der Waals surface area (Å²) in [5.41, 5.74) is 4.91. The minimum atomic E-state index is 0.879. The summed E-state index contributed by atoms with van der Waals surface area (Å²) < 4.78 is 0. The van der Waals surface area contributed by atoms with Crippen LogP contribution < -0.4 is 10.2 Å². The number of benzene rings is 1. The van der Waals surface area contributed by atoms with Gasteiger partial charge in [-0.3, -0.25) is 0 Å². The Bertz CT molecular complexity index is 575. The average Bonchev–Trinajstić information content (AvgIpc) is 2.71. The van der Waals surface area contributed by atoms with E-state index in [4.69, 9.17) is 0 Å². The second kappa shape index (κ2) is 5.72. The van der Waals surface area contributed by atoms with Gasteiger partial charge in [-0.2, -0.15) is 0 Å². The first-order valence-electron chi connectivity index (χ1n) is 6.45. The lowest BCUT2D eigenvalue weighted by molar-refractivity contribution is 0.822. The maximum atomic E-state index is 4.67. The Morgan fingerprint density at radius 3 is 2.63 bits per heavy atom.